The number of hydrogen-bond donors (Lipinski definition) is 1. The molecule has 22 heavy (non-hydrogen) atoms. The minimum atomic E-state index is -0.521. The average Bonchev–Trinajstić information content (AvgIpc) is 2.53. The number of rotatable bonds is 5. The van der Waals surface area contributed by atoms with Gasteiger partial charge in [-0.05, 0) is 25.0 Å². The fourth-order valence-electron chi connectivity index (χ4n) is 2.53. The first kappa shape index (κ1) is 16.4. The van der Waals surface area contributed by atoms with E-state index in [-0.39, 0.29) is 17.5 Å². The fourth-order valence-corrected chi connectivity index (χ4v) is 2.53. The number of benzene rings is 1. The normalized spacial score (nSPS) is 15.6. The quantitative estimate of drug-likeness (QED) is 0.898. The molecule has 0 bridgehead atoms. The molecule has 1 heterocycles. The highest BCUT2D eigenvalue weighted by Crippen LogP contribution is 2.13. The third-order valence-corrected chi connectivity index (χ3v) is 3.82. The first-order valence-corrected chi connectivity index (χ1v) is 7.44. The highest BCUT2D eigenvalue weighted by atomic mass is 19.1. The van der Waals surface area contributed by atoms with Gasteiger partial charge in [-0.2, -0.15) is 0 Å². The monoisotopic (exact) mass is 308 g/mol. The molecule has 1 fully saturated rings. The van der Waals surface area contributed by atoms with Crippen molar-refractivity contribution in [3.8, 4) is 0 Å². The highest BCUT2D eigenvalue weighted by Gasteiger charge is 2.24. The maximum Gasteiger partial charge on any atom is 0.254 e. The number of piperidine rings is 1. The molecule has 2 rings (SSSR count). The number of carbonyl (C=O) groups is 2. The molecular weight excluding hydrogens is 287 g/mol. The third kappa shape index (κ3) is 4.27. The Balaban J connectivity index is 1.81. The van der Waals surface area contributed by atoms with Crippen LogP contribution in [0.25, 0.3) is 0 Å². The van der Waals surface area contributed by atoms with Crippen molar-refractivity contribution in [1.29, 1.82) is 0 Å². The van der Waals surface area contributed by atoms with Gasteiger partial charge in [-0.25, -0.2) is 4.39 Å². The van der Waals surface area contributed by atoms with Gasteiger partial charge in [0.15, 0.2) is 0 Å². The molecule has 1 aliphatic heterocycles. The van der Waals surface area contributed by atoms with Crippen molar-refractivity contribution in [1.82, 2.24) is 10.2 Å². The molecule has 1 N–H and O–H groups in total. The molecule has 0 atom stereocenters. The van der Waals surface area contributed by atoms with Crippen LogP contribution < -0.4 is 5.32 Å². The van der Waals surface area contributed by atoms with Gasteiger partial charge in [0.05, 0.1) is 18.6 Å². The van der Waals surface area contributed by atoms with E-state index in [1.165, 1.54) is 12.1 Å². The molecule has 0 radical (unpaired) electrons. The van der Waals surface area contributed by atoms with Gasteiger partial charge in [-0.3, -0.25) is 9.59 Å². The summed E-state index contributed by atoms with van der Waals surface area (Å²) in [7, 11) is 1.57. The first-order chi connectivity index (χ1) is 10.6. The van der Waals surface area contributed by atoms with Crippen molar-refractivity contribution in [3.63, 3.8) is 0 Å². The smallest absolute Gasteiger partial charge is 0.254 e. The van der Waals surface area contributed by atoms with E-state index in [2.05, 4.69) is 5.32 Å². The summed E-state index contributed by atoms with van der Waals surface area (Å²) in [6.45, 7) is 1.62. The van der Waals surface area contributed by atoms with Gasteiger partial charge in [0.2, 0.25) is 5.91 Å². The van der Waals surface area contributed by atoms with Crippen molar-refractivity contribution < 1.29 is 18.7 Å². The summed E-state index contributed by atoms with van der Waals surface area (Å²) >= 11 is 0. The zero-order valence-corrected chi connectivity index (χ0v) is 12.7. The Hall–Kier alpha value is -1.95. The lowest BCUT2D eigenvalue weighted by atomic mass is 10.0. The number of hydrogen-bond acceptors (Lipinski definition) is 3. The number of nitrogens with one attached hydrogen (secondary N) is 1. The van der Waals surface area contributed by atoms with Crippen LogP contribution in [-0.4, -0.2) is 49.6 Å². The molecule has 5 nitrogen and oxygen atoms in total. The molecule has 0 spiro atoms. The Kier molecular flexibility index (Phi) is 5.89. The van der Waals surface area contributed by atoms with Crippen LogP contribution in [0.3, 0.4) is 0 Å². The van der Waals surface area contributed by atoms with Crippen molar-refractivity contribution in [2.24, 2.45) is 0 Å². The zero-order chi connectivity index (χ0) is 15.9. The standard InChI is InChI=1S/C16H21FN2O3/c1-22-11-8-15(20)19-9-6-12(7-10-19)18-16(21)13-4-2-3-5-14(13)17/h2-5,12H,6-11H2,1H3,(H,18,21). The molecule has 1 aromatic carbocycles. The number of amides is 2. The number of likely N-dealkylation sites (tertiary alicyclic amines) is 1. The molecule has 1 aromatic rings. The lowest BCUT2D eigenvalue weighted by molar-refractivity contribution is -0.133. The van der Waals surface area contributed by atoms with E-state index >= 15 is 0 Å². The first-order valence-electron chi connectivity index (χ1n) is 7.44. The second-order valence-corrected chi connectivity index (χ2v) is 5.35. The van der Waals surface area contributed by atoms with Gasteiger partial charge in [0, 0.05) is 26.2 Å². The minimum absolute atomic E-state index is 0.0291. The second kappa shape index (κ2) is 7.89. The Bertz CT molecular complexity index is 528. The Morgan fingerprint density at radius 1 is 1.32 bits per heavy atom. The van der Waals surface area contributed by atoms with E-state index < -0.39 is 11.7 Å². The summed E-state index contributed by atoms with van der Waals surface area (Å²) < 4.78 is 18.5. The van der Waals surface area contributed by atoms with Crippen molar-refractivity contribution in [2.45, 2.75) is 25.3 Å². The largest absolute Gasteiger partial charge is 0.384 e. The Labute approximate surface area is 129 Å². The van der Waals surface area contributed by atoms with E-state index in [4.69, 9.17) is 4.74 Å². The second-order valence-electron chi connectivity index (χ2n) is 5.35. The van der Waals surface area contributed by atoms with E-state index in [9.17, 15) is 14.0 Å². The zero-order valence-electron chi connectivity index (χ0n) is 12.7. The van der Waals surface area contributed by atoms with Crippen molar-refractivity contribution in [3.05, 3.63) is 35.6 Å². The number of nitrogens with zero attached hydrogens (tertiary/aromatic N) is 1. The van der Waals surface area contributed by atoms with Crippen LogP contribution in [-0.2, 0) is 9.53 Å². The predicted octanol–water partition coefficient (Wildman–Crippen LogP) is 1.58. The molecule has 0 saturated carbocycles. The van der Waals surface area contributed by atoms with Crippen LogP contribution in [0.1, 0.15) is 29.6 Å². The lowest BCUT2D eigenvalue weighted by Crippen LogP contribution is -2.46. The van der Waals surface area contributed by atoms with Gasteiger partial charge in [0.25, 0.3) is 5.91 Å². The molecule has 0 unspecified atom stereocenters. The van der Waals surface area contributed by atoms with Gasteiger partial charge >= 0.3 is 0 Å². The molecule has 120 valence electrons. The van der Waals surface area contributed by atoms with Crippen molar-refractivity contribution in [2.75, 3.05) is 26.8 Å². The van der Waals surface area contributed by atoms with Crippen LogP contribution >= 0.6 is 0 Å². The van der Waals surface area contributed by atoms with Crippen LogP contribution in [0, 0.1) is 5.82 Å². The van der Waals surface area contributed by atoms with E-state index in [0.717, 1.165) is 0 Å². The SMILES string of the molecule is COCCC(=O)N1CCC(NC(=O)c2ccccc2F)CC1. The summed E-state index contributed by atoms with van der Waals surface area (Å²) in [5.74, 6) is -0.852. The van der Waals surface area contributed by atoms with Gasteiger partial charge < -0.3 is 15.0 Å². The highest BCUT2D eigenvalue weighted by molar-refractivity contribution is 5.94. The topological polar surface area (TPSA) is 58.6 Å². The van der Waals surface area contributed by atoms with E-state index in [1.54, 1.807) is 24.1 Å². The minimum Gasteiger partial charge on any atom is -0.384 e. The van der Waals surface area contributed by atoms with Crippen molar-refractivity contribution >= 4 is 11.8 Å². The average molecular weight is 308 g/mol. The molecule has 2 amide bonds. The summed E-state index contributed by atoms with van der Waals surface area (Å²) in [4.78, 5) is 25.7. The summed E-state index contributed by atoms with van der Waals surface area (Å²) in [6.07, 6.45) is 1.74. The van der Waals surface area contributed by atoms with Crippen LogP contribution in [0.5, 0.6) is 0 Å². The predicted molar refractivity (Wildman–Crippen MR) is 80.0 cm³/mol. The lowest BCUT2D eigenvalue weighted by Gasteiger charge is -2.32. The number of ether oxygens (including phenoxy) is 1. The van der Waals surface area contributed by atoms with Crippen LogP contribution in [0.4, 0.5) is 4.39 Å². The molecule has 0 aromatic heterocycles. The molecule has 6 heteroatoms. The van der Waals surface area contributed by atoms with E-state index in [0.29, 0.717) is 39.0 Å². The van der Waals surface area contributed by atoms with Gasteiger partial charge in [-0.15, -0.1) is 0 Å². The molecule has 1 saturated heterocycles. The number of halogens is 1. The van der Waals surface area contributed by atoms with E-state index in [1.807, 2.05) is 0 Å². The van der Waals surface area contributed by atoms with Crippen LogP contribution in [0.2, 0.25) is 0 Å². The Morgan fingerprint density at radius 3 is 2.64 bits per heavy atom. The molecule has 1 aliphatic rings. The van der Waals surface area contributed by atoms with Crippen LogP contribution in [0.15, 0.2) is 24.3 Å². The number of carbonyl (C=O) groups excluding carboxylic acids is 2. The maximum absolute atomic E-state index is 13.6. The molecule has 0 aliphatic carbocycles. The maximum atomic E-state index is 13.6. The summed E-state index contributed by atoms with van der Waals surface area (Å²) in [6, 6.07) is 5.89. The Morgan fingerprint density at radius 2 is 2.00 bits per heavy atom. The fraction of sp³-hybridized carbons (Fsp3) is 0.500. The molecular formula is C16H21FN2O3. The number of methoxy groups -OCH3 is 1. The summed E-state index contributed by atoms with van der Waals surface area (Å²) in [5.41, 5.74) is 0.0566. The third-order valence-electron chi connectivity index (χ3n) is 3.82. The summed E-state index contributed by atoms with van der Waals surface area (Å²) in [5, 5.41) is 2.84. The van der Waals surface area contributed by atoms with Gasteiger partial charge in [0.1, 0.15) is 5.82 Å². The van der Waals surface area contributed by atoms with Gasteiger partial charge in [-0.1, -0.05) is 12.1 Å².